The smallest absolute Gasteiger partial charge is 0.344 e. The highest BCUT2D eigenvalue weighted by molar-refractivity contribution is 5.98. The van der Waals surface area contributed by atoms with Crippen LogP contribution < -0.4 is 0 Å². The van der Waals surface area contributed by atoms with Gasteiger partial charge in [0, 0.05) is 22.7 Å². The maximum absolute atomic E-state index is 10.2. The van der Waals surface area contributed by atoms with Crippen LogP contribution in [-0.2, 0) is 9.63 Å². The van der Waals surface area contributed by atoms with E-state index in [0.717, 1.165) is 16.5 Å². The maximum atomic E-state index is 10.2. The first-order valence-electron chi connectivity index (χ1n) is 4.70. The molecule has 1 heterocycles. The number of nitrogens with zero attached hydrogens (tertiary/aromatic N) is 1. The van der Waals surface area contributed by atoms with Crippen LogP contribution in [0, 0.1) is 0 Å². The molecular formula is C11H10N2O3. The first kappa shape index (κ1) is 10.2. The van der Waals surface area contributed by atoms with E-state index in [-0.39, 0.29) is 0 Å². The highest BCUT2D eigenvalue weighted by Crippen LogP contribution is 2.15. The normalized spacial score (nSPS) is 11.0. The van der Waals surface area contributed by atoms with Gasteiger partial charge in [0.25, 0.3) is 0 Å². The fourth-order valence-electron chi connectivity index (χ4n) is 1.39. The zero-order chi connectivity index (χ0) is 11.4. The minimum absolute atomic E-state index is 0.432. The number of hydrogen-bond acceptors (Lipinski definition) is 3. The Bertz CT molecular complexity index is 531. The third kappa shape index (κ3) is 2.20. The molecule has 0 saturated carbocycles. The van der Waals surface area contributed by atoms with Gasteiger partial charge in [0.1, 0.15) is 0 Å². The molecule has 1 aromatic carbocycles. The van der Waals surface area contributed by atoms with Crippen molar-refractivity contribution in [3.63, 3.8) is 0 Å². The largest absolute Gasteiger partial charge is 0.479 e. The SMILES string of the molecule is O=C(O)CON=Cc1c[nH]c2ccccc12. The topological polar surface area (TPSA) is 74.7 Å². The summed E-state index contributed by atoms with van der Waals surface area (Å²) in [4.78, 5) is 17.8. The van der Waals surface area contributed by atoms with Gasteiger partial charge in [-0.1, -0.05) is 23.4 Å². The Morgan fingerprint density at radius 1 is 1.50 bits per heavy atom. The molecule has 0 aliphatic heterocycles. The number of carboxylic acids is 1. The molecule has 0 radical (unpaired) electrons. The van der Waals surface area contributed by atoms with Gasteiger partial charge < -0.3 is 14.9 Å². The molecule has 0 atom stereocenters. The highest BCUT2D eigenvalue weighted by Gasteiger charge is 1.99. The Morgan fingerprint density at radius 3 is 3.12 bits per heavy atom. The summed E-state index contributed by atoms with van der Waals surface area (Å²) in [5.41, 5.74) is 1.86. The van der Waals surface area contributed by atoms with Crippen LogP contribution in [0.5, 0.6) is 0 Å². The fourth-order valence-corrected chi connectivity index (χ4v) is 1.39. The zero-order valence-corrected chi connectivity index (χ0v) is 8.38. The number of hydrogen-bond donors (Lipinski definition) is 2. The van der Waals surface area contributed by atoms with Crippen molar-refractivity contribution in [2.75, 3.05) is 6.61 Å². The molecule has 2 aromatic rings. The number of H-pyrrole nitrogens is 1. The molecule has 0 saturated heterocycles. The van der Waals surface area contributed by atoms with Crippen molar-refractivity contribution in [3.8, 4) is 0 Å². The molecule has 5 heteroatoms. The summed E-state index contributed by atoms with van der Waals surface area (Å²) in [6, 6.07) is 7.75. The summed E-state index contributed by atoms with van der Waals surface area (Å²) < 4.78 is 0. The molecule has 0 fully saturated rings. The summed E-state index contributed by atoms with van der Waals surface area (Å²) >= 11 is 0. The predicted octanol–water partition coefficient (Wildman–Crippen LogP) is 1.60. The predicted molar refractivity (Wildman–Crippen MR) is 59.5 cm³/mol. The first-order chi connectivity index (χ1) is 7.77. The van der Waals surface area contributed by atoms with Gasteiger partial charge >= 0.3 is 5.97 Å². The van der Waals surface area contributed by atoms with E-state index in [2.05, 4.69) is 15.0 Å². The number of aromatic amines is 1. The Hall–Kier alpha value is -2.30. The highest BCUT2D eigenvalue weighted by atomic mass is 16.6. The Morgan fingerprint density at radius 2 is 2.31 bits per heavy atom. The summed E-state index contributed by atoms with van der Waals surface area (Å²) in [7, 11) is 0. The average molecular weight is 218 g/mol. The van der Waals surface area contributed by atoms with Gasteiger partial charge in [-0.25, -0.2) is 4.79 Å². The van der Waals surface area contributed by atoms with Gasteiger partial charge in [0.05, 0.1) is 6.21 Å². The average Bonchev–Trinajstić information content (AvgIpc) is 2.68. The number of carbonyl (C=O) groups is 1. The van der Waals surface area contributed by atoms with Gasteiger partial charge in [-0.2, -0.15) is 0 Å². The molecule has 2 rings (SSSR count). The molecule has 1 aromatic heterocycles. The molecule has 82 valence electrons. The van der Waals surface area contributed by atoms with Crippen LogP contribution in [0.25, 0.3) is 10.9 Å². The third-order valence-corrected chi connectivity index (χ3v) is 2.08. The molecule has 0 bridgehead atoms. The van der Waals surface area contributed by atoms with E-state index in [1.165, 1.54) is 6.21 Å². The van der Waals surface area contributed by atoms with Crippen LogP contribution in [0.4, 0.5) is 0 Å². The van der Waals surface area contributed by atoms with Crippen molar-refractivity contribution in [2.45, 2.75) is 0 Å². The fraction of sp³-hybridized carbons (Fsp3) is 0.0909. The summed E-state index contributed by atoms with van der Waals surface area (Å²) in [6.45, 7) is -0.432. The molecule has 0 spiro atoms. The Kier molecular flexibility index (Phi) is 2.86. The molecule has 0 aliphatic rings. The van der Waals surface area contributed by atoms with Gasteiger partial charge in [-0.3, -0.25) is 0 Å². The molecular weight excluding hydrogens is 208 g/mol. The van der Waals surface area contributed by atoms with E-state index in [1.54, 1.807) is 6.20 Å². The molecule has 0 aliphatic carbocycles. The number of carboxylic acid groups (broad SMARTS) is 1. The number of aromatic nitrogens is 1. The monoisotopic (exact) mass is 218 g/mol. The molecule has 5 nitrogen and oxygen atoms in total. The lowest BCUT2D eigenvalue weighted by Gasteiger charge is -1.92. The van der Waals surface area contributed by atoms with Crippen LogP contribution in [0.15, 0.2) is 35.6 Å². The van der Waals surface area contributed by atoms with Crippen LogP contribution in [0.1, 0.15) is 5.56 Å². The van der Waals surface area contributed by atoms with Gasteiger partial charge in [0.15, 0.2) is 0 Å². The van der Waals surface area contributed by atoms with Crippen molar-refractivity contribution in [2.24, 2.45) is 5.16 Å². The van der Waals surface area contributed by atoms with E-state index in [0.29, 0.717) is 0 Å². The maximum Gasteiger partial charge on any atom is 0.344 e. The second kappa shape index (κ2) is 4.48. The first-order valence-corrected chi connectivity index (χ1v) is 4.70. The van der Waals surface area contributed by atoms with Crippen LogP contribution in [0.2, 0.25) is 0 Å². The van der Waals surface area contributed by atoms with Crippen LogP contribution in [0.3, 0.4) is 0 Å². The van der Waals surface area contributed by atoms with Crippen LogP contribution >= 0.6 is 0 Å². The molecule has 16 heavy (non-hydrogen) atoms. The number of para-hydroxylation sites is 1. The zero-order valence-electron chi connectivity index (χ0n) is 8.38. The Balaban J connectivity index is 2.12. The molecule has 0 amide bonds. The number of rotatable bonds is 4. The number of fused-ring (bicyclic) bond motifs is 1. The quantitative estimate of drug-likeness (QED) is 0.604. The van der Waals surface area contributed by atoms with Gasteiger partial charge in [-0.05, 0) is 6.07 Å². The lowest BCUT2D eigenvalue weighted by Crippen LogP contribution is -2.03. The Labute approximate surface area is 91.3 Å². The summed E-state index contributed by atoms with van der Waals surface area (Å²) in [5.74, 6) is -1.05. The number of nitrogens with one attached hydrogen (secondary N) is 1. The van der Waals surface area contributed by atoms with Gasteiger partial charge in [-0.15, -0.1) is 0 Å². The van der Waals surface area contributed by atoms with Crippen molar-refractivity contribution < 1.29 is 14.7 Å². The number of benzene rings is 1. The lowest BCUT2D eigenvalue weighted by molar-refractivity contribution is -0.142. The summed E-state index contributed by atoms with van der Waals surface area (Å²) in [6.07, 6.45) is 3.28. The second-order valence-corrected chi connectivity index (χ2v) is 3.19. The van der Waals surface area contributed by atoms with E-state index >= 15 is 0 Å². The van der Waals surface area contributed by atoms with Crippen molar-refractivity contribution in [3.05, 3.63) is 36.0 Å². The lowest BCUT2D eigenvalue weighted by atomic mass is 10.2. The van der Waals surface area contributed by atoms with Gasteiger partial charge in [0.2, 0.25) is 6.61 Å². The standard InChI is InChI=1S/C11H10N2O3/c14-11(15)7-16-13-6-8-5-12-10-4-2-1-3-9(8)10/h1-6,12H,7H2,(H,14,15). The van der Waals surface area contributed by atoms with Crippen molar-refractivity contribution in [1.82, 2.24) is 4.98 Å². The van der Waals surface area contributed by atoms with Crippen molar-refractivity contribution >= 4 is 23.1 Å². The third-order valence-electron chi connectivity index (χ3n) is 2.08. The molecule has 2 N–H and O–H groups in total. The number of oxime groups is 1. The minimum Gasteiger partial charge on any atom is -0.479 e. The van der Waals surface area contributed by atoms with Crippen molar-refractivity contribution in [1.29, 1.82) is 0 Å². The summed E-state index contributed by atoms with van der Waals surface area (Å²) in [5, 5.41) is 12.9. The van der Waals surface area contributed by atoms with E-state index in [1.807, 2.05) is 24.3 Å². The minimum atomic E-state index is -1.05. The molecule has 0 unspecified atom stereocenters. The van der Waals surface area contributed by atoms with E-state index < -0.39 is 12.6 Å². The van der Waals surface area contributed by atoms with E-state index in [9.17, 15) is 4.79 Å². The van der Waals surface area contributed by atoms with Crippen LogP contribution in [-0.4, -0.2) is 28.9 Å². The van der Waals surface area contributed by atoms with E-state index in [4.69, 9.17) is 5.11 Å². The number of aliphatic carboxylic acids is 1. The second-order valence-electron chi connectivity index (χ2n) is 3.19.